The minimum atomic E-state index is -0.798. The van der Waals surface area contributed by atoms with Gasteiger partial charge in [0.25, 0.3) is 0 Å². The molecule has 0 aliphatic carbocycles. The summed E-state index contributed by atoms with van der Waals surface area (Å²) in [7, 11) is 0. The molecule has 26 heavy (non-hydrogen) atoms. The van der Waals surface area contributed by atoms with Crippen LogP contribution in [0.15, 0.2) is 63.6 Å². The number of halogens is 1. The van der Waals surface area contributed by atoms with Crippen molar-refractivity contribution in [2.45, 2.75) is 6.54 Å². The molecule has 6 nitrogen and oxygen atoms in total. The number of pyridine rings is 1. The topological polar surface area (TPSA) is 77.1 Å². The minimum absolute atomic E-state index is 0.150. The van der Waals surface area contributed by atoms with Crippen LogP contribution in [0.2, 0.25) is 5.15 Å². The molecule has 130 valence electrons. The van der Waals surface area contributed by atoms with Gasteiger partial charge in [-0.1, -0.05) is 52.7 Å². The fraction of sp³-hybridized carbons (Fsp3) is 0.0556. The number of aromatic nitrogens is 3. The molecule has 0 spiro atoms. The number of benzene rings is 1. The van der Waals surface area contributed by atoms with Crippen molar-refractivity contribution in [3.05, 3.63) is 85.6 Å². The van der Waals surface area contributed by atoms with E-state index in [0.717, 1.165) is 16.7 Å². The number of rotatable bonds is 3. The summed E-state index contributed by atoms with van der Waals surface area (Å²) < 4.78 is 1.84. The normalized spacial score (nSPS) is 11.1. The summed E-state index contributed by atoms with van der Waals surface area (Å²) >= 11 is 7.01. The van der Waals surface area contributed by atoms with Crippen LogP contribution in [0.5, 0.6) is 0 Å². The fourth-order valence-electron chi connectivity index (χ4n) is 2.82. The van der Waals surface area contributed by atoms with Crippen molar-refractivity contribution in [3.63, 3.8) is 0 Å². The van der Waals surface area contributed by atoms with Gasteiger partial charge in [0, 0.05) is 17.1 Å². The van der Waals surface area contributed by atoms with Gasteiger partial charge in [-0.15, -0.1) is 11.3 Å². The third-order valence-corrected chi connectivity index (χ3v) is 5.23. The number of fused-ring (bicyclic) bond motifs is 1. The molecule has 0 atom stereocenters. The molecule has 0 saturated heterocycles. The highest BCUT2D eigenvalue weighted by Gasteiger charge is 2.19. The van der Waals surface area contributed by atoms with Gasteiger partial charge in [0.1, 0.15) is 9.85 Å². The molecule has 4 aromatic rings. The standard InChI is InChI=1S/C18H12ClN3O3S/c19-14-7-6-11(8-20-14)9-21-15-13(12-4-2-1-3-5-12)10-26-16(15)17(23)22(25)18(21)24/h1-8,10,25H,9H2. The Kier molecular flexibility index (Phi) is 4.10. The maximum Gasteiger partial charge on any atom is 0.365 e. The lowest BCUT2D eigenvalue weighted by Gasteiger charge is -2.11. The van der Waals surface area contributed by atoms with Gasteiger partial charge in [0.15, 0.2) is 0 Å². The van der Waals surface area contributed by atoms with Gasteiger partial charge in [-0.2, -0.15) is 0 Å². The average molecular weight is 386 g/mol. The summed E-state index contributed by atoms with van der Waals surface area (Å²) in [4.78, 5) is 28.9. The van der Waals surface area contributed by atoms with E-state index in [1.165, 1.54) is 15.9 Å². The highest BCUT2D eigenvalue weighted by atomic mass is 35.5. The molecule has 0 unspecified atom stereocenters. The lowest BCUT2D eigenvalue weighted by atomic mass is 10.1. The summed E-state index contributed by atoms with van der Waals surface area (Å²) in [5.74, 6) is 0. The van der Waals surface area contributed by atoms with Crippen molar-refractivity contribution in [3.8, 4) is 11.1 Å². The molecule has 1 aromatic carbocycles. The molecule has 0 bridgehead atoms. The second-order valence-electron chi connectivity index (χ2n) is 5.67. The fourth-order valence-corrected chi connectivity index (χ4v) is 3.93. The molecule has 3 aromatic heterocycles. The van der Waals surface area contributed by atoms with Gasteiger partial charge in [-0.05, 0) is 17.2 Å². The highest BCUT2D eigenvalue weighted by molar-refractivity contribution is 7.17. The third kappa shape index (κ3) is 2.71. The van der Waals surface area contributed by atoms with Gasteiger partial charge in [-0.25, -0.2) is 9.78 Å². The van der Waals surface area contributed by atoms with E-state index >= 15 is 0 Å². The summed E-state index contributed by atoms with van der Waals surface area (Å²) in [6.45, 7) is 0.150. The molecule has 0 aliphatic rings. The third-order valence-electron chi connectivity index (χ3n) is 4.05. The molecule has 0 saturated carbocycles. The maximum absolute atomic E-state index is 12.6. The van der Waals surface area contributed by atoms with Crippen LogP contribution in [0.1, 0.15) is 5.56 Å². The van der Waals surface area contributed by atoms with Crippen LogP contribution < -0.4 is 11.2 Å². The van der Waals surface area contributed by atoms with Crippen molar-refractivity contribution in [1.82, 2.24) is 14.3 Å². The molecule has 1 N–H and O–H groups in total. The van der Waals surface area contributed by atoms with Gasteiger partial charge in [-0.3, -0.25) is 9.36 Å². The first-order valence-electron chi connectivity index (χ1n) is 7.68. The Morgan fingerprint density at radius 2 is 1.88 bits per heavy atom. The van der Waals surface area contributed by atoms with Crippen molar-refractivity contribution < 1.29 is 5.21 Å². The Bertz CT molecular complexity index is 1210. The van der Waals surface area contributed by atoms with E-state index < -0.39 is 11.2 Å². The predicted molar refractivity (Wildman–Crippen MR) is 101 cm³/mol. The smallest absolute Gasteiger partial charge is 0.365 e. The predicted octanol–water partition coefficient (Wildman–Crippen LogP) is 3.23. The number of nitrogens with zero attached hydrogens (tertiary/aromatic N) is 3. The van der Waals surface area contributed by atoms with Gasteiger partial charge in [0.2, 0.25) is 0 Å². The first-order chi connectivity index (χ1) is 12.6. The van der Waals surface area contributed by atoms with Crippen LogP contribution in [0.25, 0.3) is 21.3 Å². The number of hydrogen-bond acceptors (Lipinski definition) is 5. The second kappa shape index (κ2) is 6.44. The van der Waals surface area contributed by atoms with Crippen molar-refractivity contribution >= 4 is 33.2 Å². The van der Waals surface area contributed by atoms with Gasteiger partial charge >= 0.3 is 11.2 Å². The zero-order valence-corrected chi connectivity index (χ0v) is 14.9. The molecule has 0 fully saturated rings. The minimum Gasteiger partial charge on any atom is -0.421 e. The van der Waals surface area contributed by atoms with E-state index in [2.05, 4.69) is 4.98 Å². The Balaban J connectivity index is 2.01. The Hall–Kier alpha value is -2.90. The SMILES string of the molecule is O=c1c2scc(-c3ccccc3)c2n(Cc2ccc(Cl)nc2)c(=O)n1O. The Morgan fingerprint density at radius 1 is 1.12 bits per heavy atom. The molecule has 0 radical (unpaired) electrons. The summed E-state index contributed by atoms with van der Waals surface area (Å²) in [6, 6.07) is 12.9. The lowest BCUT2D eigenvalue weighted by molar-refractivity contribution is 0.158. The van der Waals surface area contributed by atoms with E-state index in [0.29, 0.717) is 15.4 Å². The second-order valence-corrected chi connectivity index (χ2v) is 6.93. The van der Waals surface area contributed by atoms with Crippen LogP contribution in [0.3, 0.4) is 0 Å². The molecule has 0 aliphatic heterocycles. The van der Waals surface area contributed by atoms with Crippen LogP contribution >= 0.6 is 22.9 Å². The quantitative estimate of drug-likeness (QED) is 0.434. The summed E-state index contributed by atoms with van der Waals surface area (Å²) in [5.41, 5.74) is 1.35. The molecule has 4 rings (SSSR count). The molecule has 0 amide bonds. The van der Waals surface area contributed by atoms with Crippen LogP contribution in [0.4, 0.5) is 0 Å². The van der Waals surface area contributed by atoms with Crippen molar-refractivity contribution in [2.24, 2.45) is 0 Å². The van der Waals surface area contributed by atoms with Crippen LogP contribution in [-0.2, 0) is 6.54 Å². The maximum atomic E-state index is 12.6. The van der Waals surface area contributed by atoms with E-state index in [9.17, 15) is 14.8 Å². The monoisotopic (exact) mass is 385 g/mol. The van der Waals surface area contributed by atoms with Gasteiger partial charge in [0.05, 0.1) is 12.1 Å². The van der Waals surface area contributed by atoms with E-state index in [4.69, 9.17) is 11.6 Å². The van der Waals surface area contributed by atoms with E-state index in [-0.39, 0.29) is 11.3 Å². The molecular weight excluding hydrogens is 374 g/mol. The zero-order valence-electron chi connectivity index (χ0n) is 13.3. The zero-order chi connectivity index (χ0) is 18.3. The average Bonchev–Trinajstić information content (AvgIpc) is 3.11. The van der Waals surface area contributed by atoms with E-state index in [1.807, 2.05) is 35.7 Å². The molecule has 3 heterocycles. The lowest BCUT2D eigenvalue weighted by Crippen LogP contribution is -2.38. The summed E-state index contributed by atoms with van der Waals surface area (Å²) in [5, 5.41) is 12.1. The number of thiophene rings is 1. The number of hydrogen-bond donors (Lipinski definition) is 1. The first-order valence-corrected chi connectivity index (χ1v) is 8.94. The van der Waals surface area contributed by atoms with Crippen molar-refractivity contribution in [1.29, 1.82) is 0 Å². The molecular formula is C18H12ClN3O3S. The Morgan fingerprint density at radius 3 is 2.58 bits per heavy atom. The molecule has 8 heteroatoms. The Labute approximate surface area is 156 Å². The highest BCUT2D eigenvalue weighted by Crippen LogP contribution is 2.31. The largest absolute Gasteiger partial charge is 0.421 e. The summed E-state index contributed by atoms with van der Waals surface area (Å²) in [6.07, 6.45) is 1.56. The first kappa shape index (κ1) is 16.6. The van der Waals surface area contributed by atoms with Crippen LogP contribution in [0, 0.1) is 0 Å². The van der Waals surface area contributed by atoms with Crippen molar-refractivity contribution in [2.75, 3.05) is 0 Å². The van der Waals surface area contributed by atoms with Crippen LogP contribution in [-0.4, -0.2) is 19.5 Å². The van der Waals surface area contributed by atoms with E-state index in [1.54, 1.807) is 18.3 Å². The van der Waals surface area contributed by atoms with Gasteiger partial charge < -0.3 is 5.21 Å².